The molecule has 3 heteroatoms. The van der Waals surface area contributed by atoms with Gasteiger partial charge in [0.15, 0.2) is 0 Å². The minimum Gasteiger partial charge on any atom is -0.317 e. The van der Waals surface area contributed by atoms with Gasteiger partial charge in [-0.2, -0.15) is 0 Å². The fourth-order valence-corrected chi connectivity index (χ4v) is 3.70. The molecule has 0 saturated carbocycles. The van der Waals surface area contributed by atoms with Crippen LogP contribution in [0, 0.1) is 0 Å². The Kier molecular flexibility index (Phi) is 5.67. The van der Waals surface area contributed by atoms with E-state index in [1.54, 1.807) is 0 Å². The third kappa shape index (κ3) is 4.80. The number of hydrogen-bond acceptors (Lipinski definition) is 3. The van der Waals surface area contributed by atoms with Crippen LogP contribution in [0.4, 0.5) is 0 Å². The van der Waals surface area contributed by atoms with Gasteiger partial charge in [0.05, 0.1) is 0 Å². The van der Waals surface area contributed by atoms with E-state index in [0.717, 1.165) is 12.6 Å². The number of piperidine rings is 1. The molecule has 2 aliphatic heterocycles. The van der Waals surface area contributed by atoms with Crippen LogP contribution in [0.25, 0.3) is 0 Å². The van der Waals surface area contributed by atoms with Crippen LogP contribution in [-0.4, -0.2) is 43.2 Å². The first kappa shape index (κ1) is 15.0. The molecule has 3 rings (SSSR count). The van der Waals surface area contributed by atoms with E-state index >= 15 is 0 Å². The van der Waals surface area contributed by atoms with Crippen molar-refractivity contribution in [3.8, 4) is 0 Å². The maximum absolute atomic E-state index is 3.93. The van der Waals surface area contributed by atoms with Crippen LogP contribution in [0.3, 0.4) is 0 Å². The quantitative estimate of drug-likeness (QED) is 0.890. The van der Waals surface area contributed by atoms with Crippen LogP contribution < -0.4 is 10.6 Å². The zero-order chi connectivity index (χ0) is 14.3. The van der Waals surface area contributed by atoms with Gasteiger partial charge in [0.1, 0.15) is 0 Å². The second kappa shape index (κ2) is 7.92. The third-order valence-corrected chi connectivity index (χ3v) is 4.80. The highest BCUT2D eigenvalue weighted by Gasteiger charge is 2.22. The van der Waals surface area contributed by atoms with Crippen molar-refractivity contribution in [2.75, 3.05) is 26.2 Å². The molecule has 0 amide bonds. The number of benzene rings is 1. The van der Waals surface area contributed by atoms with Gasteiger partial charge in [-0.15, -0.1) is 0 Å². The molecule has 116 valence electrons. The molecule has 2 unspecified atom stereocenters. The zero-order valence-corrected chi connectivity index (χ0v) is 13.1. The molecule has 2 fully saturated rings. The average molecular weight is 287 g/mol. The van der Waals surface area contributed by atoms with Gasteiger partial charge < -0.3 is 10.6 Å². The lowest BCUT2D eigenvalue weighted by atomic mass is 10.0. The van der Waals surface area contributed by atoms with E-state index < -0.39 is 0 Å². The highest BCUT2D eigenvalue weighted by molar-refractivity contribution is 5.14. The summed E-state index contributed by atoms with van der Waals surface area (Å²) in [6, 6.07) is 12.3. The highest BCUT2D eigenvalue weighted by atomic mass is 15.2. The summed E-state index contributed by atoms with van der Waals surface area (Å²) in [5, 5.41) is 7.44. The number of hydrogen-bond donors (Lipinski definition) is 2. The van der Waals surface area contributed by atoms with E-state index in [-0.39, 0.29) is 0 Å². The molecule has 2 aliphatic rings. The zero-order valence-electron chi connectivity index (χ0n) is 13.1. The molecule has 0 spiro atoms. The SMILES string of the molecule is c1ccc(CN2CCCC(NC3CCCNCC3)C2)cc1. The fourth-order valence-electron chi connectivity index (χ4n) is 3.70. The first-order chi connectivity index (χ1) is 10.4. The van der Waals surface area contributed by atoms with Crippen molar-refractivity contribution in [2.24, 2.45) is 0 Å². The maximum atomic E-state index is 3.93. The smallest absolute Gasteiger partial charge is 0.0234 e. The van der Waals surface area contributed by atoms with Crippen molar-refractivity contribution in [1.29, 1.82) is 0 Å². The molecule has 2 saturated heterocycles. The molecule has 0 aromatic heterocycles. The van der Waals surface area contributed by atoms with Crippen molar-refractivity contribution >= 4 is 0 Å². The summed E-state index contributed by atoms with van der Waals surface area (Å²) in [6.07, 6.45) is 6.61. The molecular weight excluding hydrogens is 258 g/mol. The summed E-state index contributed by atoms with van der Waals surface area (Å²) in [5.41, 5.74) is 1.44. The standard InChI is InChI=1S/C18H29N3/c1-2-6-16(7-3-1)14-21-13-5-9-18(15-21)20-17-8-4-11-19-12-10-17/h1-3,6-7,17-20H,4-5,8-15H2. The van der Waals surface area contributed by atoms with Crippen molar-refractivity contribution in [3.05, 3.63) is 35.9 Å². The number of rotatable bonds is 4. The lowest BCUT2D eigenvalue weighted by Crippen LogP contribution is -2.49. The molecule has 0 aliphatic carbocycles. The van der Waals surface area contributed by atoms with Crippen LogP contribution in [-0.2, 0) is 6.54 Å². The summed E-state index contributed by atoms with van der Waals surface area (Å²) in [7, 11) is 0. The van der Waals surface area contributed by atoms with Crippen molar-refractivity contribution in [2.45, 2.75) is 50.7 Å². The van der Waals surface area contributed by atoms with Gasteiger partial charge in [-0.05, 0) is 57.3 Å². The molecule has 2 heterocycles. The summed E-state index contributed by atoms with van der Waals surface area (Å²) in [6.45, 7) is 5.93. The first-order valence-corrected chi connectivity index (χ1v) is 8.63. The Morgan fingerprint density at radius 2 is 1.86 bits per heavy atom. The van der Waals surface area contributed by atoms with Gasteiger partial charge in [-0.3, -0.25) is 4.90 Å². The largest absolute Gasteiger partial charge is 0.317 e. The molecule has 2 atom stereocenters. The Morgan fingerprint density at radius 1 is 1.00 bits per heavy atom. The Morgan fingerprint density at radius 3 is 2.76 bits per heavy atom. The van der Waals surface area contributed by atoms with Crippen molar-refractivity contribution < 1.29 is 0 Å². The second-order valence-corrected chi connectivity index (χ2v) is 6.60. The first-order valence-electron chi connectivity index (χ1n) is 8.63. The van der Waals surface area contributed by atoms with E-state index in [9.17, 15) is 0 Å². The van der Waals surface area contributed by atoms with Gasteiger partial charge in [-0.1, -0.05) is 30.3 Å². The molecule has 21 heavy (non-hydrogen) atoms. The van der Waals surface area contributed by atoms with Gasteiger partial charge in [-0.25, -0.2) is 0 Å². The van der Waals surface area contributed by atoms with Gasteiger partial charge in [0.25, 0.3) is 0 Å². The fraction of sp³-hybridized carbons (Fsp3) is 0.667. The van der Waals surface area contributed by atoms with Gasteiger partial charge >= 0.3 is 0 Å². The van der Waals surface area contributed by atoms with Gasteiger partial charge in [0, 0.05) is 25.2 Å². The van der Waals surface area contributed by atoms with Crippen LogP contribution in [0.5, 0.6) is 0 Å². The van der Waals surface area contributed by atoms with E-state index in [1.165, 1.54) is 63.8 Å². The lowest BCUT2D eigenvalue weighted by molar-refractivity contribution is 0.173. The van der Waals surface area contributed by atoms with Crippen LogP contribution in [0.2, 0.25) is 0 Å². The van der Waals surface area contributed by atoms with Crippen molar-refractivity contribution in [3.63, 3.8) is 0 Å². The van der Waals surface area contributed by atoms with E-state index in [4.69, 9.17) is 0 Å². The highest BCUT2D eigenvalue weighted by Crippen LogP contribution is 2.16. The van der Waals surface area contributed by atoms with Gasteiger partial charge in [0.2, 0.25) is 0 Å². The van der Waals surface area contributed by atoms with Crippen LogP contribution >= 0.6 is 0 Å². The topological polar surface area (TPSA) is 27.3 Å². The van der Waals surface area contributed by atoms with E-state index in [0.29, 0.717) is 6.04 Å². The third-order valence-electron chi connectivity index (χ3n) is 4.80. The summed E-state index contributed by atoms with van der Waals surface area (Å²) in [5.74, 6) is 0. The monoisotopic (exact) mass is 287 g/mol. The minimum atomic E-state index is 0.686. The predicted molar refractivity (Wildman–Crippen MR) is 88.4 cm³/mol. The molecular formula is C18H29N3. The molecule has 0 bridgehead atoms. The summed E-state index contributed by atoms with van der Waals surface area (Å²) in [4.78, 5) is 2.62. The Hall–Kier alpha value is -0.900. The molecule has 1 aromatic rings. The predicted octanol–water partition coefficient (Wildman–Crippen LogP) is 2.38. The molecule has 2 N–H and O–H groups in total. The normalized spacial score (nSPS) is 28.2. The maximum Gasteiger partial charge on any atom is 0.0234 e. The van der Waals surface area contributed by atoms with E-state index in [2.05, 4.69) is 45.9 Å². The summed E-state index contributed by atoms with van der Waals surface area (Å²) < 4.78 is 0. The molecule has 0 radical (unpaired) electrons. The second-order valence-electron chi connectivity index (χ2n) is 6.60. The van der Waals surface area contributed by atoms with Crippen molar-refractivity contribution in [1.82, 2.24) is 15.5 Å². The Balaban J connectivity index is 1.48. The number of nitrogens with one attached hydrogen (secondary N) is 2. The molecule has 1 aromatic carbocycles. The lowest BCUT2D eigenvalue weighted by Gasteiger charge is -2.35. The Bertz CT molecular complexity index is 398. The van der Waals surface area contributed by atoms with E-state index in [1.807, 2.05) is 0 Å². The number of nitrogens with zero attached hydrogens (tertiary/aromatic N) is 1. The van der Waals surface area contributed by atoms with Crippen LogP contribution in [0.15, 0.2) is 30.3 Å². The minimum absolute atomic E-state index is 0.686. The summed E-state index contributed by atoms with van der Waals surface area (Å²) >= 11 is 0. The Labute approximate surface area is 129 Å². The number of likely N-dealkylation sites (tertiary alicyclic amines) is 1. The van der Waals surface area contributed by atoms with Crippen LogP contribution in [0.1, 0.15) is 37.7 Å². The molecule has 3 nitrogen and oxygen atoms in total. The average Bonchev–Trinajstić information content (AvgIpc) is 2.77.